The highest BCUT2D eigenvalue weighted by atomic mass is 16.5. The Morgan fingerprint density at radius 1 is 1.43 bits per heavy atom. The minimum atomic E-state index is -0.0465. The van der Waals surface area contributed by atoms with E-state index in [1.807, 2.05) is 4.90 Å². The second-order valence-electron chi connectivity index (χ2n) is 4.22. The van der Waals surface area contributed by atoms with Crippen molar-refractivity contribution in [2.45, 2.75) is 25.4 Å². The van der Waals surface area contributed by atoms with Gasteiger partial charge < -0.3 is 15.0 Å². The minimum absolute atomic E-state index is 0.0465. The Labute approximate surface area is 84.6 Å². The van der Waals surface area contributed by atoms with E-state index in [0.717, 1.165) is 39.0 Å². The quantitative estimate of drug-likeness (QED) is 0.595. The molecule has 2 fully saturated rings. The topological polar surface area (TPSA) is 41.6 Å². The summed E-state index contributed by atoms with van der Waals surface area (Å²) in [7, 11) is 0. The second-order valence-corrected chi connectivity index (χ2v) is 4.22. The zero-order valence-corrected chi connectivity index (χ0v) is 8.71. The number of morpholine rings is 1. The van der Waals surface area contributed by atoms with Crippen LogP contribution in [0.5, 0.6) is 0 Å². The van der Waals surface area contributed by atoms with E-state index in [1.54, 1.807) is 6.92 Å². The molecular weight excluding hydrogens is 180 g/mol. The molecular formula is C10H18N2O2. The monoisotopic (exact) mass is 198 g/mol. The third-order valence-electron chi connectivity index (χ3n) is 3.21. The van der Waals surface area contributed by atoms with Gasteiger partial charge in [-0.05, 0) is 25.9 Å². The van der Waals surface area contributed by atoms with Crippen LogP contribution in [0.25, 0.3) is 0 Å². The van der Waals surface area contributed by atoms with E-state index in [9.17, 15) is 4.79 Å². The van der Waals surface area contributed by atoms with Crippen LogP contribution < -0.4 is 5.32 Å². The summed E-state index contributed by atoms with van der Waals surface area (Å²) in [6, 6.07) is 0. The number of amides is 1. The van der Waals surface area contributed by atoms with E-state index >= 15 is 0 Å². The van der Waals surface area contributed by atoms with E-state index in [2.05, 4.69) is 5.32 Å². The summed E-state index contributed by atoms with van der Waals surface area (Å²) in [6.45, 7) is 5.88. The molecule has 0 aliphatic carbocycles. The third-order valence-corrected chi connectivity index (χ3v) is 3.21. The Bertz CT molecular complexity index is 219. The Balaban J connectivity index is 2.01. The lowest BCUT2D eigenvalue weighted by Gasteiger charge is -2.44. The van der Waals surface area contributed by atoms with Crippen molar-refractivity contribution < 1.29 is 9.53 Å². The molecule has 0 aromatic carbocycles. The fraction of sp³-hybridized carbons (Fsp3) is 0.900. The maximum absolute atomic E-state index is 11.3. The summed E-state index contributed by atoms with van der Waals surface area (Å²) in [5.41, 5.74) is -0.0465. The number of carbonyl (C=O) groups is 1. The van der Waals surface area contributed by atoms with Gasteiger partial charge in [0.1, 0.15) is 0 Å². The normalized spacial score (nSPS) is 26.5. The van der Waals surface area contributed by atoms with Crippen LogP contribution in [0.4, 0.5) is 0 Å². The van der Waals surface area contributed by atoms with Gasteiger partial charge >= 0.3 is 0 Å². The molecule has 2 aliphatic rings. The number of nitrogens with one attached hydrogen (secondary N) is 1. The summed E-state index contributed by atoms with van der Waals surface area (Å²) in [5.74, 6) is 0.172. The zero-order chi connectivity index (χ0) is 10.0. The molecule has 2 aliphatic heterocycles. The summed E-state index contributed by atoms with van der Waals surface area (Å²) in [6.07, 6.45) is 2.05. The molecule has 2 heterocycles. The second kappa shape index (κ2) is 3.87. The first-order valence-electron chi connectivity index (χ1n) is 5.32. The van der Waals surface area contributed by atoms with Gasteiger partial charge in [-0.25, -0.2) is 0 Å². The molecule has 0 atom stereocenters. The van der Waals surface area contributed by atoms with Crippen molar-refractivity contribution in [2.75, 3.05) is 32.8 Å². The predicted octanol–water partition coefficient (Wildman–Crippen LogP) is -0.0127. The predicted molar refractivity (Wildman–Crippen MR) is 53.0 cm³/mol. The SMILES string of the molecule is CC(=O)N1CCOC2(CCNCC2)C1. The Morgan fingerprint density at radius 3 is 2.79 bits per heavy atom. The van der Waals surface area contributed by atoms with Crippen LogP contribution in [0.2, 0.25) is 0 Å². The van der Waals surface area contributed by atoms with Crippen LogP contribution in [0.3, 0.4) is 0 Å². The van der Waals surface area contributed by atoms with Crippen LogP contribution in [-0.2, 0) is 9.53 Å². The summed E-state index contributed by atoms with van der Waals surface area (Å²) in [5, 5.41) is 3.32. The van der Waals surface area contributed by atoms with Gasteiger partial charge in [-0.3, -0.25) is 4.79 Å². The Morgan fingerprint density at radius 2 is 2.14 bits per heavy atom. The highest BCUT2D eigenvalue weighted by Crippen LogP contribution is 2.27. The van der Waals surface area contributed by atoms with Gasteiger partial charge in [-0.2, -0.15) is 0 Å². The molecule has 2 rings (SSSR count). The molecule has 80 valence electrons. The Hall–Kier alpha value is -0.610. The summed E-state index contributed by atoms with van der Waals surface area (Å²) in [4.78, 5) is 13.2. The average molecular weight is 198 g/mol. The smallest absolute Gasteiger partial charge is 0.219 e. The number of hydrogen-bond acceptors (Lipinski definition) is 3. The third kappa shape index (κ3) is 1.91. The first-order chi connectivity index (χ1) is 6.72. The van der Waals surface area contributed by atoms with Gasteiger partial charge in [-0.1, -0.05) is 0 Å². The van der Waals surface area contributed by atoms with E-state index in [-0.39, 0.29) is 11.5 Å². The minimum Gasteiger partial charge on any atom is -0.371 e. The average Bonchev–Trinajstić information content (AvgIpc) is 2.19. The fourth-order valence-electron chi connectivity index (χ4n) is 2.30. The van der Waals surface area contributed by atoms with Crippen molar-refractivity contribution in [3.8, 4) is 0 Å². The van der Waals surface area contributed by atoms with Crippen LogP contribution in [0, 0.1) is 0 Å². The number of ether oxygens (including phenoxy) is 1. The Kier molecular flexibility index (Phi) is 2.74. The maximum Gasteiger partial charge on any atom is 0.219 e. The number of hydrogen-bond donors (Lipinski definition) is 1. The largest absolute Gasteiger partial charge is 0.371 e. The lowest BCUT2D eigenvalue weighted by molar-refractivity contribution is -0.153. The molecule has 0 saturated carbocycles. The highest BCUT2D eigenvalue weighted by Gasteiger charge is 2.38. The van der Waals surface area contributed by atoms with Crippen molar-refractivity contribution in [2.24, 2.45) is 0 Å². The molecule has 4 nitrogen and oxygen atoms in total. The molecule has 0 bridgehead atoms. The molecule has 0 aromatic rings. The van der Waals surface area contributed by atoms with Crippen LogP contribution in [0.15, 0.2) is 0 Å². The first-order valence-corrected chi connectivity index (χ1v) is 5.32. The lowest BCUT2D eigenvalue weighted by Crippen LogP contribution is -2.57. The molecule has 14 heavy (non-hydrogen) atoms. The molecule has 2 saturated heterocycles. The lowest BCUT2D eigenvalue weighted by atomic mass is 9.90. The van der Waals surface area contributed by atoms with Gasteiger partial charge in [0, 0.05) is 20.0 Å². The number of rotatable bonds is 0. The molecule has 0 aromatic heterocycles. The standard InChI is InChI=1S/C10H18N2O2/c1-9(13)12-6-7-14-10(8-12)2-4-11-5-3-10/h11H,2-8H2,1H3. The summed E-state index contributed by atoms with van der Waals surface area (Å²) >= 11 is 0. The first kappa shape index (κ1) is 9.93. The van der Waals surface area contributed by atoms with E-state index < -0.39 is 0 Å². The number of carbonyl (C=O) groups excluding carboxylic acids is 1. The molecule has 1 N–H and O–H groups in total. The summed E-state index contributed by atoms with van der Waals surface area (Å²) < 4.78 is 5.85. The van der Waals surface area contributed by atoms with Crippen molar-refractivity contribution in [3.63, 3.8) is 0 Å². The maximum atomic E-state index is 11.3. The van der Waals surface area contributed by atoms with Crippen molar-refractivity contribution in [3.05, 3.63) is 0 Å². The van der Waals surface area contributed by atoms with Crippen molar-refractivity contribution in [1.82, 2.24) is 10.2 Å². The zero-order valence-electron chi connectivity index (χ0n) is 8.71. The van der Waals surface area contributed by atoms with E-state index in [1.165, 1.54) is 0 Å². The van der Waals surface area contributed by atoms with Crippen molar-refractivity contribution >= 4 is 5.91 Å². The van der Waals surface area contributed by atoms with Gasteiger partial charge in [0.15, 0.2) is 0 Å². The van der Waals surface area contributed by atoms with Gasteiger partial charge in [0.05, 0.1) is 12.2 Å². The fourth-order valence-corrected chi connectivity index (χ4v) is 2.30. The number of nitrogens with zero attached hydrogens (tertiary/aromatic N) is 1. The van der Waals surface area contributed by atoms with Gasteiger partial charge in [0.25, 0.3) is 0 Å². The van der Waals surface area contributed by atoms with Crippen molar-refractivity contribution in [1.29, 1.82) is 0 Å². The number of piperidine rings is 1. The van der Waals surface area contributed by atoms with Crippen LogP contribution in [-0.4, -0.2) is 49.2 Å². The van der Waals surface area contributed by atoms with Gasteiger partial charge in [0.2, 0.25) is 5.91 Å². The van der Waals surface area contributed by atoms with Crippen LogP contribution in [0.1, 0.15) is 19.8 Å². The molecule has 4 heteroatoms. The van der Waals surface area contributed by atoms with Gasteiger partial charge in [-0.15, -0.1) is 0 Å². The van der Waals surface area contributed by atoms with E-state index in [4.69, 9.17) is 4.74 Å². The van der Waals surface area contributed by atoms with E-state index in [0.29, 0.717) is 6.61 Å². The highest BCUT2D eigenvalue weighted by molar-refractivity contribution is 5.73. The van der Waals surface area contributed by atoms with Crippen LogP contribution >= 0.6 is 0 Å². The molecule has 0 radical (unpaired) electrons. The molecule has 0 unspecified atom stereocenters. The molecule has 1 amide bonds. The molecule has 1 spiro atoms.